The van der Waals surface area contributed by atoms with Gasteiger partial charge in [-0.25, -0.2) is 9.82 Å². The molecule has 3 rings (SSSR count). The van der Waals surface area contributed by atoms with E-state index in [2.05, 4.69) is 20.7 Å². The highest BCUT2D eigenvalue weighted by atomic mass is 19.1. The molecule has 2 N–H and O–H groups in total. The van der Waals surface area contributed by atoms with E-state index in [0.717, 1.165) is 11.1 Å². The van der Waals surface area contributed by atoms with Crippen LogP contribution < -0.4 is 5.43 Å². The van der Waals surface area contributed by atoms with Crippen molar-refractivity contribution in [1.29, 1.82) is 0 Å². The largest absolute Gasteiger partial charge is 0.289 e. The number of carbonyl (C=O) groups excluding carboxylic acids is 1. The summed E-state index contributed by atoms with van der Waals surface area (Å²) in [4.78, 5) is 12.1. The molecule has 1 aromatic heterocycles. The van der Waals surface area contributed by atoms with Gasteiger partial charge in [0.05, 0.1) is 11.9 Å². The smallest absolute Gasteiger partial charge is 0.272 e. The van der Waals surface area contributed by atoms with E-state index in [9.17, 15) is 9.18 Å². The molecule has 0 spiro atoms. The number of hydrogen-bond acceptors (Lipinski definition) is 3. The van der Waals surface area contributed by atoms with E-state index in [1.807, 2.05) is 43.3 Å². The SMILES string of the molecule is CC(/C=N\NC(=O)c1cc(-c2ccc(F)cc2)n[nH]1)=C\c1ccccc1. The van der Waals surface area contributed by atoms with Crippen molar-refractivity contribution >= 4 is 18.2 Å². The number of hydrazone groups is 1. The van der Waals surface area contributed by atoms with E-state index in [1.165, 1.54) is 12.1 Å². The van der Waals surface area contributed by atoms with Crippen LogP contribution in [0.3, 0.4) is 0 Å². The molecule has 2 aromatic carbocycles. The Labute approximate surface area is 150 Å². The average molecular weight is 348 g/mol. The lowest BCUT2D eigenvalue weighted by Crippen LogP contribution is -2.17. The second-order valence-electron chi connectivity index (χ2n) is 5.67. The minimum absolute atomic E-state index is 0.270. The number of halogens is 1. The molecule has 3 aromatic rings. The van der Waals surface area contributed by atoms with Gasteiger partial charge in [-0.15, -0.1) is 0 Å². The molecule has 0 aliphatic heterocycles. The van der Waals surface area contributed by atoms with Gasteiger partial charge in [-0.1, -0.05) is 36.4 Å². The lowest BCUT2D eigenvalue weighted by atomic mass is 10.1. The molecular weight excluding hydrogens is 331 g/mol. The Hall–Kier alpha value is -3.54. The first kappa shape index (κ1) is 17.3. The van der Waals surface area contributed by atoms with Crippen LogP contribution in [-0.2, 0) is 0 Å². The molecule has 1 amide bonds. The van der Waals surface area contributed by atoms with Gasteiger partial charge in [-0.05, 0) is 48.4 Å². The fourth-order valence-corrected chi connectivity index (χ4v) is 2.31. The van der Waals surface area contributed by atoms with E-state index in [1.54, 1.807) is 24.4 Å². The molecule has 0 saturated heterocycles. The number of nitrogens with one attached hydrogen (secondary N) is 2. The molecule has 0 fully saturated rings. The Balaban J connectivity index is 1.62. The monoisotopic (exact) mass is 348 g/mol. The van der Waals surface area contributed by atoms with Crippen LogP contribution in [-0.4, -0.2) is 22.3 Å². The number of hydrogen-bond donors (Lipinski definition) is 2. The summed E-state index contributed by atoms with van der Waals surface area (Å²) < 4.78 is 13.0. The molecule has 0 aliphatic rings. The van der Waals surface area contributed by atoms with Crippen molar-refractivity contribution in [3.63, 3.8) is 0 Å². The molecule has 6 heteroatoms. The zero-order chi connectivity index (χ0) is 18.4. The lowest BCUT2D eigenvalue weighted by Gasteiger charge is -1.97. The third-order valence-electron chi connectivity index (χ3n) is 3.59. The highest BCUT2D eigenvalue weighted by molar-refractivity contribution is 5.94. The van der Waals surface area contributed by atoms with Crippen molar-refractivity contribution < 1.29 is 9.18 Å². The number of allylic oxidation sites excluding steroid dienone is 1. The number of rotatable bonds is 5. The molecule has 26 heavy (non-hydrogen) atoms. The molecule has 0 aliphatic carbocycles. The minimum Gasteiger partial charge on any atom is -0.272 e. The van der Waals surface area contributed by atoms with Crippen molar-refractivity contribution in [3.05, 3.63) is 83.3 Å². The van der Waals surface area contributed by atoms with E-state index in [-0.39, 0.29) is 11.5 Å². The van der Waals surface area contributed by atoms with Gasteiger partial charge < -0.3 is 0 Å². The second kappa shape index (κ2) is 8.02. The predicted molar refractivity (Wildman–Crippen MR) is 100 cm³/mol. The van der Waals surface area contributed by atoms with Gasteiger partial charge in [0, 0.05) is 5.56 Å². The summed E-state index contributed by atoms with van der Waals surface area (Å²) in [6.07, 6.45) is 3.53. The van der Waals surface area contributed by atoms with Crippen molar-refractivity contribution in [3.8, 4) is 11.3 Å². The van der Waals surface area contributed by atoms with Crippen LogP contribution in [0.15, 0.2) is 71.3 Å². The molecule has 0 unspecified atom stereocenters. The Morgan fingerprint density at radius 2 is 1.88 bits per heavy atom. The fraction of sp³-hybridized carbons (Fsp3) is 0.0500. The third kappa shape index (κ3) is 4.51. The number of H-pyrrole nitrogens is 1. The first-order valence-electron chi connectivity index (χ1n) is 8.00. The van der Waals surface area contributed by atoms with Gasteiger partial charge >= 0.3 is 0 Å². The lowest BCUT2D eigenvalue weighted by molar-refractivity contribution is 0.0950. The average Bonchev–Trinajstić information content (AvgIpc) is 3.13. The van der Waals surface area contributed by atoms with Gasteiger partial charge in [-0.3, -0.25) is 9.89 Å². The van der Waals surface area contributed by atoms with Crippen LogP contribution in [0, 0.1) is 5.82 Å². The van der Waals surface area contributed by atoms with Gasteiger partial charge in [0.25, 0.3) is 5.91 Å². The summed E-state index contributed by atoms with van der Waals surface area (Å²) in [7, 11) is 0. The Kier molecular flexibility index (Phi) is 5.34. The summed E-state index contributed by atoms with van der Waals surface area (Å²) in [5.41, 5.74) is 5.94. The van der Waals surface area contributed by atoms with E-state index in [0.29, 0.717) is 11.3 Å². The van der Waals surface area contributed by atoms with E-state index < -0.39 is 5.91 Å². The van der Waals surface area contributed by atoms with Crippen LogP contribution in [0.1, 0.15) is 23.0 Å². The van der Waals surface area contributed by atoms with Gasteiger partial charge in [0.15, 0.2) is 0 Å². The summed E-state index contributed by atoms with van der Waals surface area (Å²) in [5, 5.41) is 10.7. The number of carbonyl (C=O) groups is 1. The van der Waals surface area contributed by atoms with Crippen LogP contribution in [0.5, 0.6) is 0 Å². The number of amides is 1. The molecule has 0 saturated carbocycles. The van der Waals surface area contributed by atoms with Crippen molar-refractivity contribution in [2.24, 2.45) is 5.10 Å². The minimum atomic E-state index is -0.408. The highest BCUT2D eigenvalue weighted by Crippen LogP contribution is 2.17. The Bertz CT molecular complexity index is 943. The zero-order valence-electron chi connectivity index (χ0n) is 14.1. The Morgan fingerprint density at radius 1 is 1.15 bits per heavy atom. The number of aromatic amines is 1. The molecule has 0 radical (unpaired) electrons. The van der Waals surface area contributed by atoms with Crippen molar-refractivity contribution in [2.45, 2.75) is 6.92 Å². The summed E-state index contributed by atoms with van der Waals surface area (Å²) in [6.45, 7) is 1.89. The summed E-state index contributed by atoms with van der Waals surface area (Å²) in [6, 6.07) is 17.3. The van der Waals surface area contributed by atoms with Crippen molar-refractivity contribution in [1.82, 2.24) is 15.6 Å². The molecule has 1 heterocycles. The van der Waals surface area contributed by atoms with Crippen LogP contribution in [0.25, 0.3) is 17.3 Å². The standard InChI is InChI=1S/C20H17FN4O/c1-14(11-15-5-3-2-4-6-15)13-22-25-20(26)19-12-18(23-24-19)16-7-9-17(21)10-8-16/h2-13H,1H3,(H,23,24)(H,25,26)/b14-11+,22-13-. The number of benzene rings is 2. The summed E-state index contributed by atoms with van der Waals surface area (Å²) in [5.74, 6) is -0.731. The van der Waals surface area contributed by atoms with Gasteiger partial charge in [0.1, 0.15) is 11.5 Å². The van der Waals surface area contributed by atoms with Crippen LogP contribution in [0.2, 0.25) is 0 Å². The number of aromatic nitrogens is 2. The topological polar surface area (TPSA) is 70.1 Å². The Morgan fingerprint density at radius 3 is 2.62 bits per heavy atom. The summed E-state index contributed by atoms with van der Waals surface area (Å²) >= 11 is 0. The molecule has 5 nitrogen and oxygen atoms in total. The van der Waals surface area contributed by atoms with E-state index in [4.69, 9.17) is 0 Å². The zero-order valence-corrected chi connectivity index (χ0v) is 14.1. The first-order chi connectivity index (χ1) is 12.6. The van der Waals surface area contributed by atoms with Gasteiger partial charge in [-0.2, -0.15) is 10.2 Å². The fourth-order valence-electron chi connectivity index (χ4n) is 2.31. The molecule has 130 valence electrons. The molecule has 0 bridgehead atoms. The maximum Gasteiger partial charge on any atom is 0.289 e. The predicted octanol–water partition coefficient (Wildman–Crippen LogP) is 4.03. The maximum atomic E-state index is 13.0. The highest BCUT2D eigenvalue weighted by Gasteiger charge is 2.10. The molecular formula is C20H17FN4O. The maximum absolute atomic E-state index is 13.0. The third-order valence-corrected chi connectivity index (χ3v) is 3.59. The van der Waals surface area contributed by atoms with Crippen molar-refractivity contribution in [2.75, 3.05) is 0 Å². The normalized spacial score (nSPS) is 11.7. The quantitative estimate of drug-likeness (QED) is 0.540. The van der Waals surface area contributed by atoms with Crippen LogP contribution >= 0.6 is 0 Å². The van der Waals surface area contributed by atoms with Crippen LogP contribution in [0.4, 0.5) is 4.39 Å². The number of nitrogens with zero attached hydrogens (tertiary/aromatic N) is 2. The second-order valence-corrected chi connectivity index (χ2v) is 5.67. The van der Waals surface area contributed by atoms with E-state index >= 15 is 0 Å². The molecule has 0 atom stereocenters. The first-order valence-corrected chi connectivity index (χ1v) is 8.00. The van der Waals surface area contributed by atoms with Gasteiger partial charge in [0.2, 0.25) is 0 Å².